The van der Waals surface area contributed by atoms with Gasteiger partial charge in [-0.2, -0.15) is 0 Å². The van der Waals surface area contributed by atoms with Crippen LogP contribution < -0.4 is 5.32 Å². The van der Waals surface area contributed by atoms with Gasteiger partial charge in [0.1, 0.15) is 17.7 Å². The Bertz CT molecular complexity index is 826. The van der Waals surface area contributed by atoms with Gasteiger partial charge in [0.15, 0.2) is 0 Å². The molecule has 0 saturated carbocycles. The van der Waals surface area contributed by atoms with Crippen LogP contribution in [0.4, 0.5) is 8.78 Å². The lowest BCUT2D eigenvalue weighted by Gasteiger charge is -2.22. The summed E-state index contributed by atoms with van der Waals surface area (Å²) in [5.74, 6) is -1.86. The summed E-state index contributed by atoms with van der Waals surface area (Å²) in [4.78, 5) is 26.3. The molecule has 0 aromatic heterocycles. The van der Waals surface area contributed by atoms with Gasteiger partial charge in [-0.25, -0.2) is 8.78 Å². The van der Waals surface area contributed by atoms with Gasteiger partial charge >= 0.3 is 5.97 Å². The van der Waals surface area contributed by atoms with Crippen molar-refractivity contribution >= 4 is 11.9 Å². The Hall–Kier alpha value is -2.80. The molecule has 1 amide bonds. The average molecular weight is 374 g/mol. The molecule has 5 nitrogen and oxygen atoms in total. The lowest BCUT2D eigenvalue weighted by Crippen LogP contribution is -2.38. The van der Waals surface area contributed by atoms with Gasteiger partial charge in [-0.05, 0) is 36.2 Å². The van der Waals surface area contributed by atoms with Crippen molar-refractivity contribution in [1.82, 2.24) is 10.2 Å². The largest absolute Gasteiger partial charge is 0.468 e. The van der Waals surface area contributed by atoms with E-state index in [1.165, 1.54) is 37.4 Å². The molecule has 1 aliphatic rings. The van der Waals surface area contributed by atoms with Crippen LogP contribution in [0.25, 0.3) is 0 Å². The predicted octanol–water partition coefficient (Wildman–Crippen LogP) is 2.51. The fraction of sp³-hybridized carbons (Fsp3) is 0.300. The monoisotopic (exact) mass is 374 g/mol. The number of rotatable bonds is 5. The minimum absolute atomic E-state index is 0.0379. The molecule has 0 bridgehead atoms. The number of hydrogen-bond acceptors (Lipinski definition) is 4. The Morgan fingerprint density at radius 3 is 2.52 bits per heavy atom. The van der Waals surface area contributed by atoms with Crippen LogP contribution in [0.5, 0.6) is 0 Å². The van der Waals surface area contributed by atoms with Crippen LogP contribution in [-0.4, -0.2) is 42.5 Å². The van der Waals surface area contributed by atoms with Crippen LogP contribution >= 0.6 is 0 Å². The van der Waals surface area contributed by atoms with E-state index in [1.54, 1.807) is 18.2 Å². The molecule has 142 valence electrons. The quantitative estimate of drug-likeness (QED) is 0.817. The number of esters is 1. The van der Waals surface area contributed by atoms with E-state index in [9.17, 15) is 18.4 Å². The van der Waals surface area contributed by atoms with Crippen molar-refractivity contribution in [3.8, 4) is 0 Å². The molecule has 0 aliphatic carbocycles. The second-order valence-corrected chi connectivity index (χ2v) is 6.48. The van der Waals surface area contributed by atoms with E-state index in [2.05, 4.69) is 5.32 Å². The van der Waals surface area contributed by atoms with Crippen molar-refractivity contribution in [3.05, 3.63) is 71.3 Å². The SMILES string of the molecule is COC(=O)[C@@H]1C[C@@H](NC(=O)c2ccccc2F)CN1Cc1ccc(F)cc1. The number of benzene rings is 2. The van der Waals surface area contributed by atoms with Crippen LogP contribution in [0.3, 0.4) is 0 Å². The summed E-state index contributed by atoms with van der Waals surface area (Å²) in [6.45, 7) is 0.809. The van der Waals surface area contributed by atoms with E-state index in [1.807, 2.05) is 4.90 Å². The Labute approximate surface area is 155 Å². The van der Waals surface area contributed by atoms with E-state index in [-0.39, 0.29) is 17.4 Å². The van der Waals surface area contributed by atoms with Crippen molar-refractivity contribution in [2.24, 2.45) is 0 Å². The first-order chi connectivity index (χ1) is 13.0. The molecule has 2 atom stereocenters. The standard InChI is InChI=1S/C20H20F2N2O3/c1-27-20(26)18-10-15(23-19(25)16-4-2-3-5-17(16)22)12-24(18)11-13-6-8-14(21)9-7-13/h2-9,15,18H,10-12H2,1H3,(H,23,25)/t15-,18+/m1/s1. The van der Waals surface area contributed by atoms with Crippen molar-refractivity contribution in [1.29, 1.82) is 0 Å². The molecule has 2 aromatic carbocycles. The zero-order chi connectivity index (χ0) is 19.4. The summed E-state index contributed by atoms with van der Waals surface area (Å²) in [6.07, 6.45) is 0.355. The second kappa shape index (κ2) is 8.26. The molecule has 27 heavy (non-hydrogen) atoms. The first kappa shape index (κ1) is 19.0. The van der Waals surface area contributed by atoms with Gasteiger partial charge in [0.25, 0.3) is 5.91 Å². The van der Waals surface area contributed by atoms with Gasteiger partial charge in [0.05, 0.1) is 12.7 Å². The minimum atomic E-state index is -0.597. The van der Waals surface area contributed by atoms with E-state index < -0.39 is 23.7 Å². The van der Waals surface area contributed by atoms with E-state index in [0.717, 1.165) is 5.56 Å². The first-order valence-corrected chi connectivity index (χ1v) is 8.59. The van der Waals surface area contributed by atoms with Gasteiger partial charge in [0.2, 0.25) is 0 Å². The number of halogens is 2. The normalized spacial score (nSPS) is 19.7. The molecule has 1 heterocycles. The lowest BCUT2D eigenvalue weighted by atomic mass is 10.1. The molecule has 3 rings (SSSR count). The van der Waals surface area contributed by atoms with E-state index >= 15 is 0 Å². The summed E-state index contributed by atoms with van der Waals surface area (Å²) in [5, 5.41) is 2.78. The number of nitrogens with one attached hydrogen (secondary N) is 1. The van der Waals surface area contributed by atoms with Gasteiger partial charge in [0, 0.05) is 19.1 Å². The fourth-order valence-electron chi connectivity index (χ4n) is 3.30. The molecule has 1 N–H and O–H groups in total. The van der Waals surface area contributed by atoms with Crippen LogP contribution in [0.2, 0.25) is 0 Å². The molecule has 0 radical (unpaired) electrons. The van der Waals surface area contributed by atoms with Crippen molar-refractivity contribution in [2.45, 2.75) is 25.0 Å². The smallest absolute Gasteiger partial charge is 0.323 e. The first-order valence-electron chi connectivity index (χ1n) is 8.59. The third-order valence-electron chi connectivity index (χ3n) is 4.63. The van der Waals surface area contributed by atoms with Gasteiger partial charge in [-0.1, -0.05) is 24.3 Å². The number of carbonyl (C=O) groups excluding carboxylic acids is 2. The number of methoxy groups -OCH3 is 1. The van der Waals surface area contributed by atoms with E-state index in [0.29, 0.717) is 19.5 Å². The highest BCUT2D eigenvalue weighted by molar-refractivity contribution is 5.94. The van der Waals surface area contributed by atoms with Crippen molar-refractivity contribution in [2.75, 3.05) is 13.7 Å². The molecule has 1 fully saturated rings. The molecule has 7 heteroatoms. The highest BCUT2D eigenvalue weighted by Gasteiger charge is 2.38. The molecular weight excluding hydrogens is 354 g/mol. The summed E-state index contributed by atoms with van der Waals surface area (Å²) in [5.41, 5.74) is 0.801. The van der Waals surface area contributed by atoms with Crippen LogP contribution in [0, 0.1) is 11.6 Å². The highest BCUT2D eigenvalue weighted by Crippen LogP contribution is 2.22. The topological polar surface area (TPSA) is 58.6 Å². The average Bonchev–Trinajstić information content (AvgIpc) is 3.05. The van der Waals surface area contributed by atoms with Crippen LogP contribution in [0.1, 0.15) is 22.3 Å². The molecular formula is C20H20F2N2O3. The molecule has 2 aromatic rings. The third-order valence-corrected chi connectivity index (χ3v) is 4.63. The summed E-state index contributed by atoms with van der Waals surface area (Å²) in [7, 11) is 1.31. The Balaban J connectivity index is 1.71. The molecule has 1 saturated heterocycles. The van der Waals surface area contributed by atoms with E-state index in [4.69, 9.17) is 4.74 Å². The minimum Gasteiger partial charge on any atom is -0.468 e. The van der Waals surface area contributed by atoms with Gasteiger partial charge in [-0.3, -0.25) is 14.5 Å². The number of ether oxygens (including phenoxy) is 1. The van der Waals surface area contributed by atoms with Gasteiger partial charge < -0.3 is 10.1 Å². The maximum absolute atomic E-state index is 13.8. The Morgan fingerprint density at radius 1 is 1.15 bits per heavy atom. The summed E-state index contributed by atoms with van der Waals surface area (Å²) < 4.78 is 31.8. The maximum atomic E-state index is 13.8. The van der Waals surface area contributed by atoms with Gasteiger partial charge in [-0.15, -0.1) is 0 Å². The Kier molecular flexibility index (Phi) is 5.81. The fourth-order valence-corrected chi connectivity index (χ4v) is 3.30. The number of likely N-dealkylation sites (tertiary alicyclic amines) is 1. The predicted molar refractivity (Wildman–Crippen MR) is 94.9 cm³/mol. The second-order valence-electron chi connectivity index (χ2n) is 6.48. The number of nitrogens with zero attached hydrogens (tertiary/aromatic N) is 1. The maximum Gasteiger partial charge on any atom is 0.323 e. The molecule has 0 spiro atoms. The van der Waals surface area contributed by atoms with Crippen LogP contribution in [-0.2, 0) is 16.1 Å². The summed E-state index contributed by atoms with van der Waals surface area (Å²) >= 11 is 0. The number of carbonyl (C=O) groups is 2. The lowest BCUT2D eigenvalue weighted by molar-refractivity contribution is -0.146. The zero-order valence-electron chi connectivity index (χ0n) is 14.8. The molecule has 1 aliphatic heterocycles. The molecule has 0 unspecified atom stereocenters. The summed E-state index contributed by atoms with van der Waals surface area (Å²) in [6, 6.07) is 10.9. The van der Waals surface area contributed by atoms with Crippen molar-refractivity contribution in [3.63, 3.8) is 0 Å². The van der Waals surface area contributed by atoms with Crippen molar-refractivity contribution < 1.29 is 23.1 Å². The highest BCUT2D eigenvalue weighted by atomic mass is 19.1. The van der Waals surface area contributed by atoms with Crippen LogP contribution in [0.15, 0.2) is 48.5 Å². The Morgan fingerprint density at radius 2 is 1.85 bits per heavy atom. The third kappa shape index (κ3) is 4.49. The number of amides is 1. The zero-order valence-corrected chi connectivity index (χ0v) is 14.8. The number of hydrogen-bond donors (Lipinski definition) is 1.